The van der Waals surface area contributed by atoms with Gasteiger partial charge in [0.2, 0.25) is 10.0 Å². The Morgan fingerprint density at radius 3 is 2.08 bits per heavy atom. The average molecular weight is 373 g/mol. The van der Waals surface area contributed by atoms with Gasteiger partial charge in [0.05, 0.1) is 12.0 Å². The Morgan fingerprint density at radius 1 is 1.00 bits per heavy atom. The molecule has 2 rings (SSSR count). The Kier molecular flexibility index (Phi) is 6.71. The maximum absolute atomic E-state index is 12.5. The van der Waals surface area contributed by atoms with E-state index in [0.717, 1.165) is 11.3 Å². The molecule has 0 N–H and O–H groups in total. The quantitative estimate of drug-likeness (QED) is 0.524. The fraction of sp³-hybridized carbons (Fsp3) is 0.250. The van der Waals surface area contributed by atoms with E-state index in [9.17, 15) is 13.2 Å². The third-order valence-corrected chi connectivity index (χ3v) is 6.09. The first-order chi connectivity index (χ1) is 12.4. The van der Waals surface area contributed by atoms with Gasteiger partial charge in [-0.2, -0.15) is 4.31 Å². The first-order valence-corrected chi connectivity index (χ1v) is 9.83. The molecule has 0 atom stereocenters. The highest BCUT2D eigenvalue weighted by Gasteiger charge is 2.21. The van der Waals surface area contributed by atoms with Crippen LogP contribution in [0.1, 0.15) is 29.8 Å². The number of nitrogens with zero attached hydrogens (tertiary/aromatic N) is 1. The second-order valence-electron chi connectivity index (χ2n) is 5.58. The molecule has 0 aliphatic rings. The summed E-state index contributed by atoms with van der Waals surface area (Å²) < 4.78 is 31.4. The van der Waals surface area contributed by atoms with Gasteiger partial charge in [-0.15, -0.1) is 0 Å². The number of sulfonamides is 1. The smallest absolute Gasteiger partial charge is 0.243 e. The lowest BCUT2D eigenvalue weighted by Gasteiger charge is -2.18. The van der Waals surface area contributed by atoms with Gasteiger partial charge in [0.25, 0.3) is 0 Å². The van der Waals surface area contributed by atoms with Crippen molar-refractivity contribution >= 4 is 21.9 Å². The number of ketones is 1. The first-order valence-electron chi connectivity index (χ1n) is 8.39. The van der Waals surface area contributed by atoms with Crippen LogP contribution in [0.5, 0.6) is 5.75 Å². The van der Waals surface area contributed by atoms with Gasteiger partial charge in [0, 0.05) is 18.7 Å². The molecule has 0 aromatic heterocycles. The highest BCUT2D eigenvalue weighted by Crippen LogP contribution is 2.17. The molecule has 0 amide bonds. The summed E-state index contributed by atoms with van der Waals surface area (Å²) in [7, 11) is -1.92. The Balaban J connectivity index is 2.14. The molecule has 0 saturated heterocycles. The van der Waals surface area contributed by atoms with E-state index in [1.165, 1.54) is 34.6 Å². The van der Waals surface area contributed by atoms with Crippen molar-refractivity contribution in [2.24, 2.45) is 0 Å². The SMILES string of the molecule is CCN(CC)S(=O)(=O)c1ccc(C(=O)/C=C/c2ccc(OC)cc2)cc1. The molecule has 0 aliphatic carbocycles. The number of hydrogen-bond acceptors (Lipinski definition) is 4. The van der Waals surface area contributed by atoms with Gasteiger partial charge in [0.1, 0.15) is 5.75 Å². The second-order valence-corrected chi connectivity index (χ2v) is 7.52. The third kappa shape index (κ3) is 4.59. The summed E-state index contributed by atoms with van der Waals surface area (Å²) in [4.78, 5) is 12.5. The van der Waals surface area contributed by atoms with Crippen molar-refractivity contribution in [3.8, 4) is 5.75 Å². The zero-order valence-electron chi connectivity index (χ0n) is 15.2. The number of methoxy groups -OCH3 is 1. The van der Waals surface area contributed by atoms with E-state index in [1.54, 1.807) is 27.0 Å². The fourth-order valence-corrected chi connectivity index (χ4v) is 3.94. The standard InChI is InChI=1S/C20H23NO4S/c1-4-21(5-2)26(23,24)19-13-9-17(10-14-19)20(22)15-8-16-6-11-18(25-3)12-7-16/h6-15H,4-5H2,1-3H3/b15-8+. The van der Waals surface area contributed by atoms with Crippen LogP contribution in [0.4, 0.5) is 0 Å². The molecule has 0 saturated carbocycles. The molecule has 0 fully saturated rings. The highest BCUT2D eigenvalue weighted by atomic mass is 32.2. The molecular weight excluding hydrogens is 350 g/mol. The average Bonchev–Trinajstić information content (AvgIpc) is 2.67. The van der Waals surface area contributed by atoms with Gasteiger partial charge < -0.3 is 4.74 Å². The van der Waals surface area contributed by atoms with Gasteiger partial charge >= 0.3 is 0 Å². The first kappa shape index (κ1) is 19.9. The summed E-state index contributed by atoms with van der Waals surface area (Å²) in [6.45, 7) is 4.40. The van der Waals surface area contributed by atoms with Crippen molar-refractivity contribution in [2.45, 2.75) is 18.7 Å². The zero-order chi connectivity index (χ0) is 19.2. The van der Waals surface area contributed by atoms with E-state index in [0.29, 0.717) is 18.7 Å². The van der Waals surface area contributed by atoms with Crippen molar-refractivity contribution in [2.75, 3.05) is 20.2 Å². The van der Waals surface area contributed by atoms with E-state index in [2.05, 4.69) is 0 Å². The number of ether oxygens (including phenoxy) is 1. The maximum Gasteiger partial charge on any atom is 0.243 e. The summed E-state index contributed by atoms with van der Waals surface area (Å²) in [5.74, 6) is 0.561. The van der Waals surface area contributed by atoms with Crippen molar-refractivity contribution in [3.63, 3.8) is 0 Å². The summed E-state index contributed by atoms with van der Waals surface area (Å²) in [6.07, 6.45) is 3.18. The predicted molar refractivity (Wildman–Crippen MR) is 103 cm³/mol. The van der Waals surface area contributed by atoms with Gasteiger partial charge in [0.15, 0.2) is 5.78 Å². The molecule has 5 nitrogen and oxygen atoms in total. The van der Waals surface area contributed by atoms with Crippen LogP contribution in [0.15, 0.2) is 59.5 Å². The van der Waals surface area contributed by atoms with Gasteiger partial charge in [-0.25, -0.2) is 8.42 Å². The monoisotopic (exact) mass is 373 g/mol. The molecule has 0 spiro atoms. The fourth-order valence-electron chi connectivity index (χ4n) is 2.49. The molecule has 0 aliphatic heterocycles. The lowest BCUT2D eigenvalue weighted by Crippen LogP contribution is -2.30. The minimum atomic E-state index is -3.51. The molecule has 2 aromatic rings. The number of benzene rings is 2. The lowest BCUT2D eigenvalue weighted by molar-refractivity contribution is 0.104. The molecule has 6 heteroatoms. The Hall–Kier alpha value is -2.44. The number of carbonyl (C=O) groups is 1. The molecule has 0 heterocycles. The van der Waals surface area contributed by atoms with E-state index in [4.69, 9.17) is 4.74 Å². The van der Waals surface area contributed by atoms with Gasteiger partial charge in [-0.3, -0.25) is 4.79 Å². The van der Waals surface area contributed by atoms with Crippen molar-refractivity contribution in [3.05, 3.63) is 65.7 Å². The number of rotatable bonds is 8. The molecule has 0 bridgehead atoms. The van der Waals surface area contributed by atoms with Crippen LogP contribution in [0.25, 0.3) is 6.08 Å². The normalized spacial score (nSPS) is 11.8. The number of carbonyl (C=O) groups excluding carboxylic acids is 1. The van der Waals surface area contributed by atoms with Crippen molar-refractivity contribution in [1.82, 2.24) is 4.31 Å². The summed E-state index contributed by atoms with van der Waals surface area (Å²) in [6, 6.07) is 13.4. The maximum atomic E-state index is 12.5. The Morgan fingerprint density at radius 2 is 1.58 bits per heavy atom. The van der Waals surface area contributed by atoms with E-state index >= 15 is 0 Å². The zero-order valence-corrected chi connectivity index (χ0v) is 16.0. The minimum absolute atomic E-state index is 0.187. The highest BCUT2D eigenvalue weighted by molar-refractivity contribution is 7.89. The molecule has 0 radical (unpaired) electrons. The number of hydrogen-bond donors (Lipinski definition) is 0. The van der Waals surface area contributed by atoms with Crippen LogP contribution in [0, 0.1) is 0 Å². The summed E-state index contributed by atoms with van der Waals surface area (Å²) in [5.41, 5.74) is 1.31. The molecule has 138 valence electrons. The third-order valence-electron chi connectivity index (χ3n) is 4.02. The van der Waals surface area contributed by atoms with Gasteiger partial charge in [-0.1, -0.05) is 32.1 Å². The van der Waals surface area contributed by atoms with Crippen LogP contribution >= 0.6 is 0 Å². The molecule has 26 heavy (non-hydrogen) atoms. The lowest BCUT2D eigenvalue weighted by atomic mass is 10.1. The molecule has 2 aromatic carbocycles. The molecule has 0 unspecified atom stereocenters. The van der Waals surface area contributed by atoms with Crippen LogP contribution < -0.4 is 4.74 Å². The van der Waals surface area contributed by atoms with Crippen molar-refractivity contribution in [1.29, 1.82) is 0 Å². The second kappa shape index (κ2) is 8.78. The van der Waals surface area contributed by atoms with Crippen LogP contribution in [-0.4, -0.2) is 38.7 Å². The van der Waals surface area contributed by atoms with Crippen LogP contribution in [0.3, 0.4) is 0 Å². The topological polar surface area (TPSA) is 63.7 Å². The summed E-state index contributed by atoms with van der Waals surface area (Å²) >= 11 is 0. The van der Waals surface area contributed by atoms with Crippen LogP contribution in [0.2, 0.25) is 0 Å². The molecular formula is C20H23NO4S. The predicted octanol–water partition coefficient (Wildman–Crippen LogP) is 3.62. The Labute approximate surface area is 155 Å². The van der Waals surface area contributed by atoms with Crippen molar-refractivity contribution < 1.29 is 17.9 Å². The van der Waals surface area contributed by atoms with E-state index in [1.807, 2.05) is 24.3 Å². The van der Waals surface area contributed by atoms with E-state index in [-0.39, 0.29) is 10.7 Å². The number of allylic oxidation sites excluding steroid dienone is 1. The largest absolute Gasteiger partial charge is 0.497 e. The van der Waals surface area contributed by atoms with E-state index < -0.39 is 10.0 Å². The Bertz CT molecular complexity index is 865. The van der Waals surface area contributed by atoms with Gasteiger partial charge in [-0.05, 0) is 48.0 Å². The minimum Gasteiger partial charge on any atom is -0.497 e. The van der Waals surface area contributed by atoms with Crippen LogP contribution in [-0.2, 0) is 10.0 Å². The summed E-state index contributed by atoms with van der Waals surface area (Å²) in [5, 5.41) is 0.